The van der Waals surface area contributed by atoms with E-state index in [1.807, 2.05) is 0 Å². The van der Waals surface area contributed by atoms with Crippen LogP contribution in [0.15, 0.2) is 5.34 Å². The molecule has 0 aliphatic heterocycles. The van der Waals surface area contributed by atoms with Crippen molar-refractivity contribution in [2.75, 3.05) is 0 Å². The SMILES string of the molecule is N.N.O=NO.O=[Se][O-].[Cl-].[Cl-].[Pt+4]. The molecule has 0 bridgehead atoms. The van der Waals surface area contributed by atoms with Crippen LogP contribution in [0, 0.1) is 4.91 Å². The van der Waals surface area contributed by atoms with Gasteiger partial charge >= 0.3 is 44.3 Å². The second-order valence-electron chi connectivity index (χ2n) is 0.150. The molecule has 1 radical (unpaired) electrons. The van der Waals surface area contributed by atoms with Gasteiger partial charge in [-0.3, -0.25) is 0 Å². The molecule has 0 atom stereocenters. The number of hydrogen-bond acceptors (Lipinski definition) is 6. The van der Waals surface area contributed by atoms with Crippen molar-refractivity contribution in [1.82, 2.24) is 12.3 Å². The first-order valence-electron chi connectivity index (χ1n) is 0.716. The first-order chi connectivity index (χ1) is 2.83. The molecular formula is H7Cl2N3O4PtSe+. The van der Waals surface area contributed by atoms with Gasteiger partial charge in [0, 0.05) is 0 Å². The first-order valence-corrected chi connectivity index (χ1v) is 2.11. The van der Waals surface area contributed by atoms with Crippen LogP contribution >= 0.6 is 0 Å². The van der Waals surface area contributed by atoms with Crippen LogP contribution in [0.1, 0.15) is 0 Å². The average Bonchev–Trinajstić information content (AvgIpc) is 1.39. The zero-order valence-corrected chi connectivity index (χ0v) is 10.5. The van der Waals surface area contributed by atoms with Crippen molar-refractivity contribution < 1.29 is 59.1 Å². The zero-order chi connectivity index (χ0) is 5.41. The number of hydrogen-bond donors (Lipinski definition) is 3. The third kappa shape index (κ3) is 1130. The minimum Gasteiger partial charge on any atom is -1.00 e. The van der Waals surface area contributed by atoms with Crippen molar-refractivity contribution in [2.24, 2.45) is 5.34 Å². The van der Waals surface area contributed by atoms with Gasteiger partial charge < -0.3 is 42.3 Å². The van der Waals surface area contributed by atoms with E-state index in [2.05, 4.69) is 0 Å². The molecule has 7 nitrogen and oxygen atoms in total. The second kappa shape index (κ2) is 129. The van der Waals surface area contributed by atoms with Crippen LogP contribution in [-0.2, 0) is 24.9 Å². The molecule has 0 aromatic rings. The predicted octanol–water partition coefficient (Wildman–Crippen LogP) is -7.22. The summed E-state index contributed by atoms with van der Waals surface area (Å²) in [5.41, 5.74) is 0. The molecule has 0 aromatic carbocycles. The zero-order valence-electron chi connectivity index (χ0n) is 5.01. The molecule has 0 aliphatic carbocycles. The number of halogens is 2. The Kier molecular flexibility index (Phi) is 692. The van der Waals surface area contributed by atoms with E-state index in [1.54, 1.807) is 0 Å². The van der Waals surface area contributed by atoms with Crippen LogP contribution in [0.25, 0.3) is 0 Å². The fraction of sp³-hybridized carbons (Fsp3) is 0. The van der Waals surface area contributed by atoms with E-state index in [0.29, 0.717) is 0 Å². The third-order valence-electron chi connectivity index (χ3n) is 0. The summed E-state index contributed by atoms with van der Waals surface area (Å²) in [4.78, 5) is 8.11. The van der Waals surface area contributed by atoms with Crippen molar-refractivity contribution in [3.8, 4) is 0 Å². The minimum atomic E-state index is -1.62. The smallest absolute Gasteiger partial charge is 1.00 e. The van der Waals surface area contributed by atoms with Crippen LogP contribution in [-0.4, -0.2) is 20.4 Å². The van der Waals surface area contributed by atoms with E-state index in [-0.39, 0.29) is 58.2 Å². The van der Waals surface area contributed by atoms with E-state index >= 15 is 0 Å². The molecule has 11 heavy (non-hydrogen) atoms. The summed E-state index contributed by atoms with van der Waals surface area (Å²) in [6.07, 6.45) is 0. The van der Waals surface area contributed by atoms with Gasteiger partial charge in [-0.25, -0.2) is 0 Å². The molecule has 0 spiro atoms. The summed E-state index contributed by atoms with van der Waals surface area (Å²) in [6.45, 7) is 0. The van der Waals surface area contributed by atoms with Crippen LogP contribution in [0.5, 0.6) is 0 Å². The quantitative estimate of drug-likeness (QED) is 0.186. The van der Waals surface area contributed by atoms with Gasteiger partial charge in [0.15, 0.2) is 5.34 Å². The van der Waals surface area contributed by atoms with Crippen molar-refractivity contribution in [1.29, 1.82) is 0 Å². The van der Waals surface area contributed by atoms with Gasteiger partial charge in [0.2, 0.25) is 0 Å². The second-order valence-corrected chi connectivity index (χ2v) is 0.435. The first kappa shape index (κ1) is 59.2. The van der Waals surface area contributed by atoms with Gasteiger partial charge in [0.1, 0.15) is 0 Å². The van der Waals surface area contributed by atoms with Gasteiger partial charge in [-0.15, -0.1) is 4.91 Å². The molecule has 7 N–H and O–H groups in total. The summed E-state index contributed by atoms with van der Waals surface area (Å²) in [7, 11) is 0. The minimum absolute atomic E-state index is 0. The molecule has 0 aliphatic rings. The summed E-state index contributed by atoms with van der Waals surface area (Å²) in [5.74, 6) is 0. The van der Waals surface area contributed by atoms with Crippen LogP contribution < -0.4 is 41.3 Å². The van der Waals surface area contributed by atoms with Crippen LogP contribution in [0.3, 0.4) is 0 Å². The summed E-state index contributed by atoms with van der Waals surface area (Å²) in [6, 6.07) is 0. The molecule has 11 heteroatoms. The van der Waals surface area contributed by atoms with Gasteiger partial charge in [0.25, 0.3) is 0 Å². The topological polar surface area (TPSA) is 160 Å². The molecule has 0 aromatic heterocycles. The summed E-state index contributed by atoms with van der Waals surface area (Å²) < 4.78 is 16.9. The Bertz CT molecular complexity index is 44.3. The van der Waals surface area contributed by atoms with E-state index in [1.165, 1.54) is 5.34 Å². The number of nitrogens with zero attached hydrogens (tertiary/aromatic N) is 1. The largest absolute Gasteiger partial charge is 4.00 e. The molecule has 0 saturated heterocycles. The Balaban J connectivity index is -0.00000000400. The Morgan fingerprint density at radius 2 is 1.27 bits per heavy atom. The summed E-state index contributed by atoms with van der Waals surface area (Å²) in [5, 5.41) is 7.89. The maximum Gasteiger partial charge on any atom is 4.00 e. The normalized spacial score (nSPS) is 2.27. The van der Waals surface area contributed by atoms with Crippen LogP contribution in [0.4, 0.5) is 0 Å². The van der Waals surface area contributed by atoms with E-state index in [0.717, 1.165) is 0 Å². The van der Waals surface area contributed by atoms with E-state index in [4.69, 9.17) is 18.1 Å². The van der Waals surface area contributed by atoms with Crippen molar-refractivity contribution >= 4 is 15.2 Å². The monoisotopic (exact) mass is 458 g/mol. The molecule has 0 fully saturated rings. The van der Waals surface area contributed by atoms with Crippen molar-refractivity contribution in [3.05, 3.63) is 4.91 Å². The fourth-order valence-corrected chi connectivity index (χ4v) is 0. The van der Waals surface area contributed by atoms with Gasteiger partial charge in [-0.1, -0.05) is 0 Å². The van der Waals surface area contributed by atoms with Gasteiger partial charge in [-0.2, -0.15) is 0 Å². The van der Waals surface area contributed by atoms with Gasteiger partial charge in [-0.05, 0) is 0 Å². The van der Waals surface area contributed by atoms with Crippen molar-refractivity contribution in [2.45, 2.75) is 0 Å². The standard InChI is InChI=1S/2ClH.HNO2.2H3N.O2Se.Pt/c;;2-1-3;;;1-3-2;/h2*1H;(H,2,3);2*1H3;;/q;;;;;-1;+4/p-2. The molecule has 75 valence electrons. The molecule has 0 saturated carbocycles. The predicted molar refractivity (Wildman–Crippen MR) is 24.1 cm³/mol. The van der Waals surface area contributed by atoms with E-state index in [9.17, 15) is 0 Å². The molecule has 0 heterocycles. The molecule has 0 unspecified atom stereocenters. The molecule has 0 rings (SSSR count). The third-order valence-corrected chi connectivity index (χ3v) is 0. The maximum absolute atomic E-state index is 8.44. The van der Waals surface area contributed by atoms with Crippen molar-refractivity contribution in [3.63, 3.8) is 0 Å². The summed E-state index contributed by atoms with van der Waals surface area (Å²) >= 11 is -1.62. The Labute approximate surface area is 96.6 Å². The average molecular weight is 458 g/mol. The molecular weight excluding hydrogens is 451 g/mol. The Hall–Kier alpha value is 0.868. The van der Waals surface area contributed by atoms with E-state index < -0.39 is 15.2 Å². The number of rotatable bonds is 0. The Morgan fingerprint density at radius 1 is 1.27 bits per heavy atom. The Morgan fingerprint density at radius 3 is 1.27 bits per heavy atom. The maximum atomic E-state index is 8.44. The fourth-order valence-electron chi connectivity index (χ4n) is 0. The van der Waals surface area contributed by atoms with Gasteiger partial charge in [0.05, 0.1) is 0 Å². The molecule has 0 amide bonds. The van der Waals surface area contributed by atoms with Crippen LogP contribution in [0.2, 0.25) is 0 Å².